The number of rotatable bonds is 11. The van der Waals surface area contributed by atoms with Gasteiger partial charge in [-0.2, -0.15) is 9.97 Å². The average molecular weight is 1670 g/mol. The molecule has 3 aliphatic carbocycles. The Bertz CT molecular complexity index is 8160. The van der Waals surface area contributed by atoms with Crippen LogP contribution in [0.15, 0.2) is 437 Å². The van der Waals surface area contributed by atoms with E-state index in [0.29, 0.717) is 17.6 Å². The zero-order valence-electron chi connectivity index (χ0n) is 72.0. The molecule has 0 atom stereocenters. The fourth-order valence-electron chi connectivity index (χ4n) is 21.0. The van der Waals surface area contributed by atoms with Crippen LogP contribution < -0.4 is 0 Å². The van der Waals surface area contributed by atoms with Crippen molar-refractivity contribution in [2.45, 2.75) is 43.9 Å². The molecule has 3 aliphatic rings. The Morgan fingerprint density at radius 1 is 0.200 bits per heavy atom. The molecule has 130 heavy (non-hydrogen) atoms. The first-order chi connectivity index (χ1) is 64.0. The van der Waals surface area contributed by atoms with Crippen molar-refractivity contribution >= 4 is 65.4 Å². The van der Waals surface area contributed by atoms with E-state index in [1.54, 1.807) is 0 Å². The Morgan fingerprint density at radius 3 is 1.02 bits per heavy atom. The molecule has 0 fully saturated rings. The van der Waals surface area contributed by atoms with Crippen LogP contribution in [0.3, 0.4) is 0 Å². The molecule has 10 nitrogen and oxygen atoms in total. The lowest BCUT2D eigenvalue weighted by Crippen LogP contribution is -2.28. The van der Waals surface area contributed by atoms with Gasteiger partial charge < -0.3 is 0 Å². The van der Waals surface area contributed by atoms with E-state index in [0.717, 1.165) is 112 Å². The van der Waals surface area contributed by atoms with Crippen LogP contribution >= 0.6 is 0 Å². The van der Waals surface area contributed by atoms with Crippen LogP contribution in [0.4, 0.5) is 0 Å². The zero-order chi connectivity index (χ0) is 86.8. The molecular formula is C120H84N10. The van der Waals surface area contributed by atoms with Crippen molar-refractivity contribution in [3.63, 3.8) is 0 Å². The number of nitrogens with zero attached hydrogens (tertiary/aromatic N) is 10. The Kier molecular flexibility index (Phi) is 18.3. The molecule has 614 valence electrons. The van der Waals surface area contributed by atoms with E-state index in [4.69, 9.17) is 34.9 Å². The molecule has 0 spiro atoms. The molecule has 0 saturated carbocycles. The number of aromatic nitrogens is 10. The Morgan fingerprint density at radius 2 is 0.538 bits per heavy atom. The van der Waals surface area contributed by atoms with Crippen LogP contribution in [0, 0.1) is 0 Å². The van der Waals surface area contributed by atoms with Crippen molar-refractivity contribution in [2.75, 3.05) is 0 Å². The van der Waals surface area contributed by atoms with E-state index in [9.17, 15) is 0 Å². The van der Waals surface area contributed by atoms with Crippen molar-refractivity contribution in [3.8, 4) is 119 Å². The molecular weight excluding hydrogens is 1580 g/mol. The lowest BCUT2D eigenvalue weighted by atomic mass is 9.67. The van der Waals surface area contributed by atoms with E-state index < -0.39 is 5.41 Å². The zero-order valence-corrected chi connectivity index (χ0v) is 72.0. The summed E-state index contributed by atoms with van der Waals surface area (Å²) in [6.07, 6.45) is 0. The summed E-state index contributed by atoms with van der Waals surface area (Å²) < 4.78 is 6.86. The van der Waals surface area contributed by atoms with Gasteiger partial charge in [0.15, 0.2) is 23.3 Å². The van der Waals surface area contributed by atoms with Crippen molar-refractivity contribution in [1.82, 2.24) is 48.6 Å². The monoisotopic (exact) mass is 1660 g/mol. The van der Waals surface area contributed by atoms with Crippen LogP contribution in [-0.4, -0.2) is 48.6 Å². The highest BCUT2D eigenvalue weighted by Crippen LogP contribution is 2.59. The van der Waals surface area contributed by atoms with Gasteiger partial charge in [0.05, 0.1) is 49.9 Å². The fraction of sp³-hybridized carbons (Fsp3) is 0.0583. The highest BCUT2D eigenvalue weighted by Gasteiger charge is 2.47. The van der Waals surface area contributed by atoms with E-state index in [1.165, 1.54) is 99.4 Å². The van der Waals surface area contributed by atoms with Crippen molar-refractivity contribution in [2.24, 2.45) is 0 Å². The van der Waals surface area contributed by atoms with Gasteiger partial charge in [-0.1, -0.05) is 404 Å². The first kappa shape index (κ1) is 76.9. The first-order valence-electron chi connectivity index (χ1n) is 44.5. The summed E-state index contributed by atoms with van der Waals surface area (Å²) in [5.74, 6) is 5.04. The second kappa shape index (κ2) is 30.9. The van der Waals surface area contributed by atoms with Crippen LogP contribution in [-0.2, 0) is 16.2 Å². The topological polar surface area (TPSA) is 105 Å². The Hall–Kier alpha value is -16.7. The van der Waals surface area contributed by atoms with Gasteiger partial charge in [0.1, 0.15) is 11.6 Å². The standard InChI is InChI=1S/C46H30N4.2C37H27N3/c1-5-17-31(18-6-1)43-47-44(32-19-7-2-8-20-32)49-45(48-43)50-41-28-16-14-26-36(41)38-29-40-37(30-42(38)50)35-25-13-15-27-39(35)46(40,33-21-9-3-10-22-33)34-23-11-4-12-24-34;1-37(2)30-19-11-9-17-26(30)28-22-34-29(21-31(28)37)27-18-10-12-20-33(27)40(34)35-23-32(24-13-5-3-6-14-24)38-36(39-35)25-15-7-4-8-16-25;1-37(2)29-19-11-9-17-26(29)27-21-22-32-34(35(27)37)28-18-10-12-20-31(28)40(32)33-23-30(24-13-5-3-6-14-24)38-36(39-33)25-15-7-4-8-16-25/h1-30H;2*3-23H,1-2H3. The molecule has 0 saturated heterocycles. The summed E-state index contributed by atoms with van der Waals surface area (Å²) in [5.41, 5.74) is 32.2. The number of benzene rings is 17. The van der Waals surface area contributed by atoms with Gasteiger partial charge in [-0.15, -0.1) is 0 Å². The van der Waals surface area contributed by atoms with Gasteiger partial charge in [0, 0.05) is 88.7 Å². The smallest absolute Gasteiger partial charge is 0.238 e. The fourth-order valence-corrected chi connectivity index (χ4v) is 21.0. The summed E-state index contributed by atoms with van der Waals surface area (Å²) in [6, 6.07) is 154. The van der Waals surface area contributed by atoms with Crippen LogP contribution in [0.1, 0.15) is 72.2 Å². The second-order valence-corrected chi connectivity index (χ2v) is 35.0. The lowest BCUT2D eigenvalue weighted by molar-refractivity contribution is 0.661. The normalized spacial score (nSPS) is 13.3. The third-order valence-corrected chi connectivity index (χ3v) is 27.0. The summed E-state index contributed by atoms with van der Waals surface area (Å²) >= 11 is 0. The number of hydrogen-bond acceptors (Lipinski definition) is 7. The molecule has 0 N–H and O–H groups in total. The Labute approximate surface area is 753 Å². The average Bonchev–Trinajstić information content (AvgIpc) is 1.57. The van der Waals surface area contributed by atoms with Crippen LogP contribution in [0.25, 0.3) is 184 Å². The van der Waals surface area contributed by atoms with Gasteiger partial charge in [0.2, 0.25) is 5.95 Å². The molecule has 17 aromatic carbocycles. The third-order valence-electron chi connectivity index (χ3n) is 27.0. The molecule has 26 rings (SSSR count). The predicted octanol–water partition coefficient (Wildman–Crippen LogP) is 29.1. The number of hydrogen-bond donors (Lipinski definition) is 0. The van der Waals surface area contributed by atoms with E-state index in [1.807, 2.05) is 84.9 Å². The molecule has 0 amide bonds. The van der Waals surface area contributed by atoms with E-state index >= 15 is 0 Å². The van der Waals surface area contributed by atoms with Crippen LogP contribution in [0.2, 0.25) is 0 Å². The minimum absolute atomic E-state index is 0.0564. The molecule has 10 heteroatoms. The second-order valence-electron chi connectivity index (χ2n) is 35.0. The van der Waals surface area contributed by atoms with Gasteiger partial charge >= 0.3 is 0 Å². The summed E-state index contributed by atoms with van der Waals surface area (Å²) in [5, 5.41) is 7.34. The first-order valence-corrected chi connectivity index (χ1v) is 44.5. The molecule has 0 radical (unpaired) electrons. The van der Waals surface area contributed by atoms with Gasteiger partial charge in [-0.3, -0.25) is 13.7 Å². The molecule has 6 aromatic heterocycles. The quantitative estimate of drug-likeness (QED) is 0.127. The third kappa shape index (κ3) is 12.4. The highest BCUT2D eigenvalue weighted by atomic mass is 15.2. The SMILES string of the molecule is CC1(C)c2ccccc2-c2cc3c(cc21)c1ccccc1n3-c1cc(-c2ccccc2)nc(-c2ccccc2)n1.CC1(C)c2ccccc2-c2ccc3c(c21)c1ccccc1n3-c1cc(-c2ccccc2)nc(-c2ccccc2)n1.c1ccc(-c2nc(-c3ccccc3)nc(-n3c4ccccc4c4cc5c(cc43)-c3ccccc3C5(c3ccccc3)c3ccccc3)n2)cc1. The summed E-state index contributed by atoms with van der Waals surface area (Å²) in [7, 11) is 0. The molecule has 0 bridgehead atoms. The minimum atomic E-state index is -0.486. The molecule has 23 aromatic rings. The molecule has 0 aliphatic heterocycles. The molecule has 0 unspecified atom stereocenters. The highest BCUT2D eigenvalue weighted by molar-refractivity contribution is 6.16. The van der Waals surface area contributed by atoms with Crippen molar-refractivity contribution < 1.29 is 0 Å². The largest absolute Gasteiger partial charge is 0.294 e. The van der Waals surface area contributed by atoms with E-state index in [2.05, 4.69) is 393 Å². The van der Waals surface area contributed by atoms with Crippen molar-refractivity contribution in [3.05, 3.63) is 481 Å². The van der Waals surface area contributed by atoms with Gasteiger partial charge in [0.25, 0.3) is 0 Å². The van der Waals surface area contributed by atoms with Crippen LogP contribution in [0.5, 0.6) is 0 Å². The Balaban J connectivity index is 0.000000109. The summed E-state index contributed by atoms with van der Waals surface area (Å²) in [6.45, 7) is 9.39. The maximum absolute atomic E-state index is 5.19. The maximum Gasteiger partial charge on any atom is 0.238 e. The number of fused-ring (bicyclic) bond motifs is 19. The number of para-hydroxylation sites is 3. The minimum Gasteiger partial charge on any atom is -0.294 e. The van der Waals surface area contributed by atoms with Crippen molar-refractivity contribution in [1.29, 1.82) is 0 Å². The summed E-state index contributed by atoms with van der Waals surface area (Å²) in [4.78, 5) is 35.8. The van der Waals surface area contributed by atoms with Gasteiger partial charge in [-0.05, 0) is 126 Å². The van der Waals surface area contributed by atoms with Gasteiger partial charge in [-0.25, -0.2) is 24.9 Å². The lowest BCUT2D eigenvalue weighted by Gasteiger charge is -2.33. The predicted molar refractivity (Wildman–Crippen MR) is 532 cm³/mol. The maximum atomic E-state index is 5.19. The van der Waals surface area contributed by atoms with E-state index in [-0.39, 0.29) is 10.8 Å². The molecule has 6 heterocycles.